The first kappa shape index (κ1) is 98.3. The van der Waals surface area contributed by atoms with E-state index in [9.17, 15) is 14.4 Å². The predicted molar refractivity (Wildman–Crippen MR) is 421 cm³/mol. The van der Waals surface area contributed by atoms with Gasteiger partial charge in [-0.25, -0.2) is 9.59 Å². The highest BCUT2D eigenvalue weighted by molar-refractivity contribution is 6.90. The minimum Gasteiger partial charge on any atom is -0.494 e. The highest BCUT2D eigenvalue weighted by Gasteiger charge is 2.45. The number of Topliss-reactive ketones (excluding diaryl/α,β-unsaturated/α-hetero) is 1. The minimum atomic E-state index is -2.38. The second-order valence-corrected chi connectivity index (χ2v) is 60.8. The molecule has 0 N–H and O–H groups in total. The zero-order valence-corrected chi connectivity index (χ0v) is 63.6. The van der Waals surface area contributed by atoms with Gasteiger partial charge in [-0.1, -0.05) is 123 Å². The van der Waals surface area contributed by atoms with Crippen molar-refractivity contribution in [3.63, 3.8) is 0 Å². The molecule has 2 unspecified atom stereocenters. The van der Waals surface area contributed by atoms with Crippen LogP contribution in [0.5, 0.6) is 23.0 Å². The van der Waals surface area contributed by atoms with Gasteiger partial charge in [0.15, 0.2) is 39.1 Å². The molecule has 0 saturated heterocycles. The van der Waals surface area contributed by atoms with E-state index in [4.69, 9.17) is 43.6 Å². The largest absolute Gasteiger partial charge is 0.494 e. The Kier molecular flexibility index (Phi) is 47.0. The van der Waals surface area contributed by atoms with Crippen LogP contribution in [0, 0.1) is 0 Å². The summed E-state index contributed by atoms with van der Waals surface area (Å²) in [6.45, 7) is 42.9. The summed E-state index contributed by atoms with van der Waals surface area (Å²) in [6.07, 6.45) is 13.8. The second kappa shape index (κ2) is 44.5. The molecule has 4 aromatic rings. The van der Waals surface area contributed by atoms with E-state index in [0.717, 1.165) is 62.8 Å². The van der Waals surface area contributed by atoms with Crippen molar-refractivity contribution in [3.05, 3.63) is 119 Å². The fraction of sp³-hybridized carbons (Fsp3) is 0.625. The molecule has 0 radical (unpaired) electrons. The maximum Gasteiger partial charge on any atom is 0.343 e. The number of rotatable bonds is 34. The van der Waals surface area contributed by atoms with Crippen molar-refractivity contribution in [2.75, 3.05) is 13.2 Å². The minimum absolute atomic E-state index is 0. The Labute approximate surface area is 580 Å². The van der Waals surface area contributed by atoms with Crippen LogP contribution in [0.4, 0.5) is 0 Å². The van der Waals surface area contributed by atoms with E-state index in [1.54, 1.807) is 60.7 Å². The summed E-state index contributed by atoms with van der Waals surface area (Å²) in [7, 11) is -16.2. The van der Waals surface area contributed by atoms with Crippen LogP contribution in [-0.4, -0.2) is 98.4 Å². The molecule has 0 heterocycles. The molecule has 1 saturated carbocycles. The zero-order chi connectivity index (χ0) is 63.3. The summed E-state index contributed by atoms with van der Waals surface area (Å²) in [4.78, 5) is 37.2. The molecular weight excluding hydrogens is 1300 g/mol. The molecule has 1 aliphatic rings. The zero-order valence-electron chi connectivity index (χ0n) is 55.6. The average molecular weight is 1440 g/mol. The Morgan fingerprint density at radius 3 is 1.00 bits per heavy atom. The number of ketones is 1. The molecule has 21 heteroatoms. The summed E-state index contributed by atoms with van der Waals surface area (Å²) >= 11 is 0. The van der Waals surface area contributed by atoms with Gasteiger partial charge in [0, 0.05) is 12.0 Å². The van der Waals surface area contributed by atoms with E-state index in [2.05, 4.69) is 130 Å². The maximum absolute atomic E-state index is 12.7. The normalized spacial score (nSPS) is 13.9. The van der Waals surface area contributed by atoms with Gasteiger partial charge in [-0.15, -0.1) is 0 Å². The van der Waals surface area contributed by atoms with Crippen molar-refractivity contribution in [2.24, 2.45) is 0 Å². The molecule has 0 aliphatic heterocycles. The molecule has 538 valence electrons. The van der Waals surface area contributed by atoms with Crippen LogP contribution in [0.25, 0.3) is 0 Å². The van der Waals surface area contributed by atoms with Gasteiger partial charge in [-0.2, -0.15) is 0 Å². The van der Waals surface area contributed by atoms with Crippen LogP contribution >= 0.6 is 0 Å². The summed E-state index contributed by atoms with van der Waals surface area (Å²) < 4.78 is 62.9. The van der Waals surface area contributed by atoms with Crippen molar-refractivity contribution in [3.8, 4) is 23.0 Å². The van der Waals surface area contributed by atoms with E-state index >= 15 is 0 Å². The van der Waals surface area contributed by atoms with Gasteiger partial charge in [0.1, 0.15) is 23.0 Å². The van der Waals surface area contributed by atoms with E-state index < -0.39 is 73.5 Å². The van der Waals surface area contributed by atoms with Crippen LogP contribution in [0.15, 0.2) is 97.1 Å². The number of hydrogen-bond acceptors (Lipinski definition) is 13. The lowest BCUT2D eigenvalue weighted by Crippen LogP contribution is -2.56. The van der Waals surface area contributed by atoms with Gasteiger partial charge in [0.25, 0.3) is 0 Å². The van der Waals surface area contributed by atoms with Gasteiger partial charge < -0.3 is 43.6 Å². The van der Waals surface area contributed by atoms with Crippen molar-refractivity contribution in [1.82, 2.24) is 0 Å². The molecule has 0 amide bonds. The molecule has 0 spiro atoms. The molecule has 1 aliphatic carbocycles. The lowest BCUT2D eigenvalue weighted by Gasteiger charge is -2.41. The molecule has 0 aromatic heterocycles. The average Bonchev–Trinajstić information content (AvgIpc) is 0.845. The van der Waals surface area contributed by atoms with Crippen LogP contribution < -0.4 is 18.9 Å². The first-order chi connectivity index (χ1) is 39.4. The fourth-order valence-corrected chi connectivity index (χ4v) is 47.0. The van der Waals surface area contributed by atoms with E-state index in [1.165, 1.54) is 37.7 Å². The Morgan fingerprint density at radius 1 is 0.366 bits per heavy atom. The van der Waals surface area contributed by atoms with Gasteiger partial charge in [-0.05, 0) is 258 Å². The Morgan fingerprint density at radius 2 is 0.677 bits per heavy atom. The van der Waals surface area contributed by atoms with Gasteiger partial charge in [-0.3, -0.25) is 4.79 Å². The maximum atomic E-state index is 12.7. The van der Waals surface area contributed by atoms with Gasteiger partial charge in [0.05, 0.1) is 24.3 Å². The lowest BCUT2D eigenvalue weighted by molar-refractivity contribution is 0.0725. The number of hydrogen-bond donors (Lipinski definition) is 0. The molecule has 0 bridgehead atoms. The third kappa shape index (κ3) is 40.8. The summed E-state index contributed by atoms with van der Waals surface area (Å²) in [5, 5.41) is 0. The summed E-state index contributed by atoms with van der Waals surface area (Å²) in [5.41, 5.74) is 2.92. The number of carbonyl (C=O) groups excluding carboxylic acids is 3. The Bertz CT molecular complexity index is 2650. The monoisotopic (exact) mass is 1440 g/mol. The fourth-order valence-electron chi connectivity index (χ4n) is 11.0. The predicted octanol–water partition coefficient (Wildman–Crippen LogP) is 24.0. The van der Waals surface area contributed by atoms with Gasteiger partial charge in [0.2, 0.25) is 0 Å². The summed E-state index contributed by atoms with van der Waals surface area (Å²) in [6, 6.07) is 30.8. The quantitative estimate of drug-likeness (QED) is 0.0144. The molecular formula is C72H140O13Si8. The van der Waals surface area contributed by atoms with Crippen molar-refractivity contribution < 1.29 is 58.0 Å². The van der Waals surface area contributed by atoms with Crippen LogP contribution in [0.1, 0.15) is 192 Å². The van der Waals surface area contributed by atoms with Crippen molar-refractivity contribution >= 4 is 85.2 Å². The Hall–Kier alpha value is -3.41. The van der Waals surface area contributed by atoms with Gasteiger partial charge >= 0.3 is 46.2 Å². The standard InChI is InChI=1S/C33H56O6Si4.C31H52O7Si4.8CH4/c1-40(2,3)37-42(7,8)39-43(9,38-41(4,5)6)27-15-11-14-26-35-31-22-20-30(21-23-31)33(34)36-32-24-18-29(19-25-32)28-16-12-10-13-17-28;1-11-15-30(32)26-16-22-29(23-17-26)35-31(33)27-18-20-28(21-19-27)34-24-13-12-14-25-42(10,37-40(5,6)7)38-41(8,9)36-39(2,3)4;;;;;;;;/h18-25,28H,10-17,26-27H2,1-9H3;16-23H,11-15,24-25H2,1-10H3;8*1H4. The van der Waals surface area contributed by atoms with E-state index in [-0.39, 0.29) is 71.2 Å². The SMILES string of the molecule is C.C.C.C.C.C.C.C.CCCC(=O)c1ccc(OC(=O)c2ccc(OCCCCC[Si](C)(O[Si](C)(C)C)O[Si](C)(C)O[Si](C)(C)C)cc2)cc1.C[Si](C)(C)O[Si](C)(C)O[Si](C)(CCCCCOc1ccc(C(=O)Oc2ccc(C3CCCCC3)cc2)cc1)O[Si](C)(C)C. The molecule has 4 aromatic carbocycles. The first-order valence-electron chi connectivity index (χ1n) is 31.3. The highest BCUT2D eigenvalue weighted by atomic mass is 28.5. The number of unbranched alkanes of at least 4 members (excludes halogenated alkanes) is 4. The van der Waals surface area contributed by atoms with Crippen LogP contribution in [0.2, 0.25) is 130 Å². The lowest BCUT2D eigenvalue weighted by atomic mass is 9.84. The molecule has 2 atom stereocenters. The van der Waals surface area contributed by atoms with E-state index in [1.807, 2.05) is 31.2 Å². The Balaban J connectivity index is -0.000000511. The second-order valence-electron chi connectivity index (χ2n) is 27.9. The van der Waals surface area contributed by atoms with Crippen molar-refractivity contribution in [2.45, 2.75) is 286 Å². The molecule has 1 fully saturated rings. The number of benzene rings is 4. The molecule has 13 nitrogen and oxygen atoms in total. The van der Waals surface area contributed by atoms with E-state index in [0.29, 0.717) is 59.5 Å². The smallest absolute Gasteiger partial charge is 0.343 e. The third-order valence-electron chi connectivity index (χ3n) is 13.4. The number of esters is 2. The number of ether oxygens (including phenoxy) is 4. The molecule has 93 heavy (non-hydrogen) atoms. The molecule has 5 rings (SSSR count). The third-order valence-corrected chi connectivity index (χ3v) is 40.5. The topological polar surface area (TPSA) is 144 Å². The van der Waals surface area contributed by atoms with Crippen molar-refractivity contribution in [1.29, 1.82) is 0 Å². The van der Waals surface area contributed by atoms with Crippen LogP contribution in [0.3, 0.4) is 0 Å². The first-order valence-corrected chi connectivity index (χ1v) is 55.6. The van der Waals surface area contributed by atoms with Crippen LogP contribution in [-0.2, 0) is 24.7 Å². The number of carbonyl (C=O) groups is 3. The summed E-state index contributed by atoms with van der Waals surface area (Å²) in [5.74, 6) is 2.38. The highest BCUT2D eigenvalue weighted by Crippen LogP contribution is 2.34.